The molecule has 0 unspecified atom stereocenters. The second kappa shape index (κ2) is 9.54. The van der Waals surface area contributed by atoms with Crippen molar-refractivity contribution in [2.24, 2.45) is 0 Å². The minimum absolute atomic E-state index is 0.0490. The first-order valence-corrected chi connectivity index (χ1v) is 16.3. The molecule has 0 spiro atoms. The van der Waals surface area contributed by atoms with Gasteiger partial charge in [-0.15, -0.1) is 0 Å². The second-order valence-corrected chi connectivity index (χ2v) is 13.3. The van der Waals surface area contributed by atoms with Crippen LogP contribution in [0.3, 0.4) is 0 Å². The Morgan fingerprint density at radius 2 is 1.02 bits per heavy atom. The number of nitrogens with zero attached hydrogens (tertiary/aromatic N) is 3. The van der Waals surface area contributed by atoms with E-state index in [2.05, 4.69) is 161 Å². The summed E-state index contributed by atoms with van der Waals surface area (Å²) in [6.07, 6.45) is 3.76. The predicted molar refractivity (Wildman–Crippen MR) is 196 cm³/mol. The van der Waals surface area contributed by atoms with E-state index in [1.54, 1.807) is 0 Å². The maximum Gasteiger partial charge on any atom is 0.0645 e. The van der Waals surface area contributed by atoms with Crippen molar-refractivity contribution in [1.82, 2.24) is 14.1 Å². The maximum absolute atomic E-state index is 4.41. The summed E-state index contributed by atoms with van der Waals surface area (Å²) in [4.78, 5) is 4.41. The van der Waals surface area contributed by atoms with Crippen LogP contribution in [0.25, 0.3) is 77.2 Å². The summed E-state index contributed by atoms with van der Waals surface area (Å²) in [7, 11) is 0. The Bertz CT molecular complexity index is 2710. The summed E-state index contributed by atoms with van der Waals surface area (Å²) < 4.78 is 4.76. The van der Waals surface area contributed by atoms with Crippen molar-refractivity contribution in [1.29, 1.82) is 0 Å². The molecule has 0 fully saturated rings. The third kappa shape index (κ3) is 3.65. The molecule has 0 aliphatic heterocycles. The minimum atomic E-state index is -0.0490. The highest BCUT2D eigenvalue weighted by molar-refractivity contribution is 6.12. The summed E-state index contributed by atoms with van der Waals surface area (Å²) in [5.41, 5.74) is 14.9. The lowest BCUT2D eigenvalue weighted by atomic mass is 9.82. The lowest BCUT2D eigenvalue weighted by Gasteiger charge is -2.22. The SMILES string of the molecule is CC1(C)c2ccccc2-c2ccc(-n3c4ccccc4c4cc(-c5ccc6c(c5)c5ccccc5n6-c5cccnc5)ccc43)cc21. The average molecular weight is 602 g/mol. The van der Waals surface area contributed by atoms with Crippen molar-refractivity contribution in [2.45, 2.75) is 19.3 Å². The van der Waals surface area contributed by atoms with Crippen LogP contribution in [0.15, 0.2) is 152 Å². The number of rotatable bonds is 3. The Balaban J connectivity index is 1.15. The van der Waals surface area contributed by atoms with Crippen LogP contribution in [0.2, 0.25) is 0 Å². The van der Waals surface area contributed by atoms with Gasteiger partial charge in [0.25, 0.3) is 0 Å². The molecule has 3 heterocycles. The zero-order chi connectivity index (χ0) is 31.3. The molecule has 0 amide bonds. The van der Waals surface area contributed by atoms with Gasteiger partial charge in [-0.1, -0.05) is 92.7 Å². The van der Waals surface area contributed by atoms with Crippen LogP contribution >= 0.6 is 0 Å². The number of benzene rings is 6. The molecule has 3 heteroatoms. The molecule has 1 aliphatic rings. The summed E-state index contributed by atoms with van der Waals surface area (Å²) in [5, 5.41) is 5.01. The summed E-state index contributed by atoms with van der Waals surface area (Å²) >= 11 is 0. The molecule has 1 aliphatic carbocycles. The molecule has 47 heavy (non-hydrogen) atoms. The summed E-state index contributed by atoms with van der Waals surface area (Å²) in [5.74, 6) is 0. The van der Waals surface area contributed by atoms with Crippen molar-refractivity contribution in [3.05, 3.63) is 163 Å². The largest absolute Gasteiger partial charge is 0.309 e. The van der Waals surface area contributed by atoms with Crippen molar-refractivity contribution >= 4 is 43.6 Å². The lowest BCUT2D eigenvalue weighted by Crippen LogP contribution is -2.15. The maximum atomic E-state index is 4.41. The van der Waals surface area contributed by atoms with E-state index in [0.29, 0.717) is 0 Å². The molecule has 0 saturated carbocycles. The van der Waals surface area contributed by atoms with Gasteiger partial charge in [-0.2, -0.15) is 0 Å². The van der Waals surface area contributed by atoms with E-state index in [-0.39, 0.29) is 5.41 Å². The van der Waals surface area contributed by atoms with Crippen molar-refractivity contribution in [2.75, 3.05) is 0 Å². The molecule has 10 rings (SSSR count). The minimum Gasteiger partial charge on any atom is -0.309 e. The molecule has 222 valence electrons. The van der Waals surface area contributed by atoms with Crippen molar-refractivity contribution in [3.8, 4) is 33.6 Å². The van der Waals surface area contributed by atoms with Gasteiger partial charge in [-0.05, 0) is 94.0 Å². The molecular weight excluding hydrogens is 571 g/mol. The van der Waals surface area contributed by atoms with E-state index in [1.165, 1.54) is 82.7 Å². The van der Waals surface area contributed by atoms with E-state index < -0.39 is 0 Å². The number of aromatic nitrogens is 3. The number of hydrogen-bond acceptors (Lipinski definition) is 1. The van der Waals surface area contributed by atoms with E-state index >= 15 is 0 Å². The molecule has 0 atom stereocenters. The van der Waals surface area contributed by atoms with Gasteiger partial charge >= 0.3 is 0 Å². The number of pyridine rings is 1. The molecule has 0 radical (unpaired) electrons. The van der Waals surface area contributed by atoms with Gasteiger partial charge in [0.2, 0.25) is 0 Å². The highest BCUT2D eigenvalue weighted by Gasteiger charge is 2.35. The van der Waals surface area contributed by atoms with Crippen LogP contribution in [0.1, 0.15) is 25.0 Å². The van der Waals surface area contributed by atoms with Gasteiger partial charge < -0.3 is 9.13 Å². The fraction of sp³-hybridized carbons (Fsp3) is 0.0682. The third-order valence-corrected chi connectivity index (χ3v) is 10.4. The molecule has 0 saturated heterocycles. The van der Waals surface area contributed by atoms with E-state index in [0.717, 1.165) is 5.69 Å². The highest BCUT2D eigenvalue weighted by Crippen LogP contribution is 2.49. The standard InChI is InChI=1S/C44H31N3/c1-44(2)38-14-6-3-11-32(38)33-20-19-30(26-39(33)44)46-40-15-7-4-12-34(40)36-24-28(17-21-42(36)46)29-18-22-43-37(25-29)35-13-5-8-16-41(35)47(43)31-10-9-23-45-27-31/h3-27H,1-2H3. The first-order valence-electron chi connectivity index (χ1n) is 16.3. The molecule has 0 N–H and O–H groups in total. The van der Waals surface area contributed by atoms with Crippen LogP contribution in [-0.2, 0) is 5.41 Å². The molecule has 3 aromatic heterocycles. The van der Waals surface area contributed by atoms with Gasteiger partial charge in [0, 0.05) is 38.8 Å². The Labute approximate surface area is 273 Å². The number of fused-ring (bicyclic) bond motifs is 9. The highest BCUT2D eigenvalue weighted by atomic mass is 15.0. The number of hydrogen-bond donors (Lipinski definition) is 0. The Hall–Kier alpha value is -5.93. The number of para-hydroxylation sites is 2. The van der Waals surface area contributed by atoms with Gasteiger partial charge in [0.1, 0.15) is 0 Å². The Kier molecular flexibility index (Phi) is 5.34. The molecule has 6 aromatic carbocycles. The molecular formula is C44H31N3. The van der Waals surface area contributed by atoms with Gasteiger partial charge in [0.15, 0.2) is 0 Å². The van der Waals surface area contributed by atoms with Crippen LogP contribution in [0.4, 0.5) is 0 Å². The second-order valence-electron chi connectivity index (χ2n) is 13.3. The fourth-order valence-electron chi connectivity index (χ4n) is 8.18. The summed E-state index contributed by atoms with van der Waals surface area (Å²) in [6.45, 7) is 4.70. The molecule has 0 bridgehead atoms. The van der Waals surface area contributed by atoms with Gasteiger partial charge in [0.05, 0.1) is 34.0 Å². The fourth-order valence-corrected chi connectivity index (χ4v) is 8.18. The topological polar surface area (TPSA) is 22.8 Å². The first kappa shape index (κ1) is 26.3. The molecule has 3 nitrogen and oxygen atoms in total. The molecule has 9 aromatic rings. The monoisotopic (exact) mass is 601 g/mol. The third-order valence-electron chi connectivity index (χ3n) is 10.4. The van der Waals surface area contributed by atoms with Crippen molar-refractivity contribution < 1.29 is 0 Å². The van der Waals surface area contributed by atoms with Crippen LogP contribution in [-0.4, -0.2) is 14.1 Å². The van der Waals surface area contributed by atoms with Crippen LogP contribution in [0.5, 0.6) is 0 Å². The average Bonchev–Trinajstić information content (AvgIpc) is 3.71. The zero-order valence-electron chi connectivity index (χ0n) is 26.3. The normalized spacial score (nSPS) is 13.5. The predicted octanol–water partition coefficient (Wildman–Crippen LogP) is 11.2. The van der Waals surface area contributed by atoms with Crippen LogP contribution in [0, 0.1) is 0 Å². The van der Waals surface area contributed by atoms with E-state index in [1.807, 2.05) is 18.5 Å². The van der Waals surface area contributed by atoms with Gasteiger partial charge in [-0.25, -0.2) is 0 Å². The van der Waals surface area contributed by atoms with Crippen LogP contribution < -0.4 is 0 Å². The van der Waals surface area contributed by atoms with E-state index in [9.17, 15) is 0 Å². The smallest absolute Gasteiger partial charge is 0.0645 e. The van der Waals surface area contributed by atoms with Crippen molar-refractivity contribution in [3.63, 3.8) is 0 Å². The summed E-state index contributed by atoms with van der Waals surface area (Å²) in [6, 6.07) is 51.3. The quantitative estimate of drug-likeness (QED) is 0.198. The Morgan fingerprint density at radius 1 is 0.447 bits per heavy atom. The zero-order valence-corrected chi connectivity index (χ0v) is 26.3. The van der Waals surface area contributed by atoms with E-state index in [4.69, 9.17) is 0 Å². The van der Waals surface area contributed by atoms with Gasteiger partial charge in [-0.3, -0.25) is 4.98 Å². The lowest BCUT2D eigenvalue weighted by molar-refractivity contribution is 0.660. The Morgan fingerprint density at radius 3 is 1.68 bits per heavy atom. The first-order chi connectivity index (χ1) is 23.1.